The van der Waals surface area contributed by atoms with Crippen molar-refractivity contribution in [1.82, 2.24) is 14.5 Å². The monoisotopic (exact) mass is 554 g/mol. The van der Waals surface area contributed by atoms with Crippen molar-refractivity contribution in [2.24, 2.45) is 30.0 Å². The lowest BCUT2D eigenvalue weighted by molar-refractivity contribution is -0.130. The molecular weight excluding hydrogens is 508 g/mol. The SMILES string of the molecule is C=O.CCCC(N)C(=O)c1nc2ccccc2n1C.C[C@@H]1CCCN1C(=O)CN.Cc1ccccc1.N=C(N)N. The fourth-order valence-electron chi connectivity index (χ4n) is 3.93. The van der Waals surface area contributed by atoms with E-state index in [4.69, 9.17) is 21.7 Å². The Labute approximate surface area is 237 Å². The van der Waals surface area contributed by atoms with Gasteiger partial charge in [-0.15, -0.1) is 0 Å². The van der Waals surface area contributed by atoms with E-state index in [1.165, 1.54) is 5.56 Å². The lowest BCUT2D eigenvalue weighted by Gasteiger charge is -2.19. The van der Waals surface area contributed by atoms with E-state index in [2.05, 4.69) is 42.4 Å². The smallest absolute Gasteiger partial charge is 0.236 e. The van der Waals surface area contributed by atoms with Crippen LogP contribution < -0.4 is 22.9 Å². The topological polar surface area (TPSA) is 200 Å². The Kier molecular flexibility index (Phi) is 17.9. The highest BCUT2D eigenvalue weighted by Crippen LogP contribution is 2.16. The largest absolute Gasteiger partial charge is 0.370 e. The number of benzene rings is 2. The van der Waals surface area contributed by atoms with Crippen LogP contribution in [-0.4, -0.2) is 64.1 Å². The standard InChI is InChI=1S/C13H17N3O.C7H14N2O.C7H8.CH5N3.CH2O/c1-3-6-9(14)12(17)13-15-10-7-4-5-8-11(10)16(13)2;1-6-3-2-4-9(6)7(10)5-8;1-7-5-3-2-4-6-7;2-1(3)4;1-2/h4-5,7-9H,3,6,14H2,1-2H3;6H,2-5,8H2,1H3;2-6H,1H3;(H5,2,3,4);1H2/t;6-;;;/m.1.../s1. The summed E-state index contributed by atoms with van der Waals surface area (Å²) < 4.78 is 1.81. The van der Waals surface area contributed by atoms with Crippen LogP contribution in [0.15, 0.2) is 54.6 Å². The summed E-state index contributed by atoms with van der Waals surface area (Å²) in [7, 11) is 1.85. The second-order valence-corrected chi connectivity index (χ2v) is 9.14. The molecule has 0 saturated carbocycles. The van der Waals surface area contributed by atoms with Crippen LogP contribution in [-0.2, 0) is 16.6 Å². The molecular formula is C29H46N8O3. The summed E-state index contributed by atoms with van der Waals surface area (Å²) in [6.07, 6.45) is 3.86. The van der Waals surface area contributed by atoms with E-state index in [0.29, 0.717) is 18.3 Å². The molecule has 3 aromatic rings. The first-order valence-corrected chi connectivity index (χ1v) is 13.1. The van der Waals surface area contributed by atoms with Crippen molar-refractivity contribution in [2.75, 3.05) is 13.1 Å². The molecule has 1 amide bonds. The Balaban J connectivity index is 0.000000561. The number of ketones is 1. The van der Waals surface area contributed by atoms with Gasteiger partial charge >= 0.3 is 0 Å². The lowest BCUT2D eigenvalue weighted by Crippen LogP contribution is -2.37. The number of para-hydroxylation sites is 2. The molecule has 1 fully saturated rings. The van der Waals surface area contributed by atoms with Crippen LogP contribution >= 0.6 is 0 Å². The van der Waals surface area contributed by atoms with Gasteiger partial charge in [-0.3, -0.25) is 15.0 Å². The summed E-state index contributed by atoms with van der Waals surface area (Å²) in [5.41, 5.74) is 23.1. The first kappa shape index (κ1) is 35.9. The number of aryl methyl sites for hydroxylation is 2. The third-order valence-corrected chi connectivity index (χ3v) is 5.93. The molecule has 2 heterocycles. The van der Waals surface area contributed by atoms with Crippen molar-refractivity contribution in [2.45, 2.75) is 58.5 Å². The normalized spacial score (nSPS) is 14.1. The van der Waals surface area contributed by atoms with Gasteiger partial charge in [0.25, 0.3) is 0 Å². The molecule has 11 nitrogen and oxygen atoms in total. The maximum Gasteiger partial charge on any atom is 0.236 e. The van der Waals surface area contributed by atoms with Crippen molar-refractivity contribution in [3.8, 4) is 0 Å². The van der Waals surface area contributed by atoms with Gasteiger partial charge in [0.05, 0.1) is 23.6 Å². The van der Waals surface area contributed by atoms with Crippen molar-refractivity contribution >= 4 is 35.5 Å². The molecule has 11 heteroatoms. The van der Waals surface area contributed by atoms with E-state index in [1.54, 1.807) is 0 Å². The minimum atomic E-state index is -0.449. The van der Waals surface area contributed by atoms with E-state index >= 15 is 0 Å². The van der Waals surface area contributed by atoms with Gasteiger partial charge in [0, 0.05) is 19.6 Å². The van der Waals surface area contributed by atoms with Crippen LogP contribution in [0, 0.1) is 12.3 Å². The number of rotatable bonds is 5. The number of hydrogen-bond acceptors (Lipinski definition) is 7. The number of carbonyl (C=O) groups excluding carboxylic acids is 3. The van der Waals surface area contributed by atoms with Gasteiger partial charge < -0.3 is 37.2 Å². The predicted molar refractivity (Wildman–Crippen MR) is 162 cm³/mol. The summed E-state index contributed by atoms with van der Waals surface area (Å²) >= 11 is 0. The fraction of sp³-hybridized carbons (Fsp3) is 0.414. The van der Waals surface area contributed by atoms with Crippen LogP contribution in [0.4, 0.5) is 0 Å². The Bertz CT molecular complexity index is 1160. The molecule has 2 atom stereocenters. The molecule has 1 aromatic heterocycles. The summed E-state index contributed by atoms with van der Waals surface area (Å²) in [4.78, 5) is 37.4. The van der Waals surface area contributed by atoms with Crippen molar-refractivity contribution in [3.05, 3.63) is 66.0 Å². The van der Waals surface area contributed by atoms with Crippen molar-refractivity contribution in [3.63, 3.8) is 0 Å². The highest BCUT2D eigenvalue weighted by molar-refractivity contribution is 5.99. The van der Waals surface area contributed by atoms with Gasteiger partial charge in [-0.1, -0.05) is 61.4 Å². The number of guanidine groups is 1. The number of nitrogens with two attached hydrogens (primary N) is 4. The summed E-state index contributed by atoms with van der Waals surface area (Å²) in [6, 6.07) is 17.9. The molecule has 1 aliphatic rings. The molecule has 2 aromatic carbocycles. The molecule has 40 heavy (non-hydrogen) atoms. The second-order valence-electron chi connectivity index (χ2n) is 9.14. The van der Waals surface area contributed by atoms with Gasteiger partial charge in [0.2, 0.25) is 11.7 Å². The highest BCUT2D eigenvalue weighted by atomic mass is 16.2. The Morgan fingerprint density at radius 1 is 1.10 bits per heavy atom. The third-order valence-electron chi connectivity index (χ3n) is 5.93. The number of aromatic nitrogens is 2. The number of nitrogens with one attached hydrogen (secondary N) is 1. The number of nitrogens with zero attached hydrogens (tertiary/aromatic N) is 3. The van der Waals surface area contributed by atoms with Crippen molar-refractivity contribution in [1.29, 1.82) is 5.41 Å². The molecule has 9 N–H and O–H groups in total. The summed E-state index contributed by atoms with van der Waals surface area (Å²) in [5, 5.41) is 6.06. The van der Waals surface area contributed by atoms with Gasteiger partial charge in [-0.25, -0.2) is 4.98 Å². The van der Waals surface area contributed by atoms with Crippen LogP contribution in [0.5, 0.6) is 0 Å². The van der Waals surface area contributed by atoms with Gasteiger partial charge in [0.1, 0.15) is 6.79 Å². The van der Waals surface area contributed by atoms with Gasteiger partial charge in [0.15, 0.2) is 11.8 Å². The molecule has 0 spiro atoms. The predicted octanol–water partition coefficient (Wildman–Crippen LogP) is 2.49. The molecule has 0 bridgehead atoms. The minimum absolute atomic E-state index is 0.0782. The van der Waals surface area contributed by atoms with Crippen LogP contribution in [0.3, 0.4) is 0 Å². The zero-order valence-corrected chi connectivity index (χ0v) is 24.2. The van der Waals surface area contributed by atoms with Gasteiger partial charge in [-0.2, -0.15) is 0 Å². The molecule has 220 valence electrons. The zero-order valence-electron chi connectivity index (χ0n) is 24.2. The zero-order chi connectivity index (χ0) is 30.7. The number of likely N-dealkylation sites (tertiary alicyclic amines) is 1. The first-order valence-electron chi connectivity index (χ1n) is 13.1. The molecule has 1 aliphatic heterocycles. The quantitative estimate of drug-likeness (QED) is 0.180. The Morgan fingerprint density at radius 3 is 2.08 bits per heavy atom. The highest BCUT2D eigenvalue weighted by Gasteiger charge is 2.23. The lowest BCUT2D eigenvalue weighted by atomic mass is 10.1. The average molecular weight is 555 g/mol. The number of hydrogen-bond donors (Lipinski definition) is 5. The Hall–Kier alpha value is -4.09. The van der Waals surface area contributed by atoms with Gasteiger partial charge in [-0.05, 0) is 45.2 Å². The van der Waals surface area contributed by atoms with Crippen LogP contribution in [0.1, 0.15) is 55.7 Å². The maximum atomic E-state index is 12.1. The number of imidazole rings is 1. The molecule has 1 unspecified atom stereocenters. The van der Waals surface area contributed by atoms with Crippen LogP contribution in [0.2, 0.25) is 0 Å². The second kappa shape index (κ2) is 19.9. The van der Waals surface area contributed by atoms with E-state index < -0.39 is 6.04 Å². The van der Waals surface area contributed by atoms with E-state index in [0.717, 1.165) is 36.8 Å². The third kappa shape index (κ3) is 12.6. The Morgan fingerprint density at radius 2 is 1.65 bits per heavy atom. The average Bonchev–Trinajstić information content (AvgIpc) is 3.53. The van der Waals surface area contributed by atoms with Crippen molar-refractivity contribution < 1.29 is 14.4 Å². The van der Waals surface area contributed by atoms with Crippen LogP contribution in [0.25, 0.3) is 11.0 Å². The molecule has 0 aliphatic carbocycles. The number of Topliss-reactive ketones (excluding diaryl/α,β-unsaturated/α-hetero) is 1. The van der Waals surface area contributed by atoms with E-state index in [9.17, 15) is 9.59 Å². The van der Waals surface area contributed by atoms with E-state index in [1.807, 2.05) is 72.7 Å². The molecule has 4 rings (SSSR count). The maximum absolute atomic E-state index is 12.1. The molecule has 1 saturated heterocycles. The first-order chi connectivity index (χ1) is 19.0. The summed E-state index contributed by atoms with van der Waals surface area (Å²) in [6.45, 7) is 9.23. The number of fused-ring (bicyclic) bond motifs is 1. The summed E-state index contributed by atoms with van der Waals surface area (Å²) in [5.74, 6) is 0.128. The fourth-order valence-corrected chi connectivity index (χ4v) is 3.93. The number of amides is 1. The van der Waals surface area contributed by atoms with E-state index in [-0.39, 0.29) is 24.2 Å². The number of carbonyl (C=O) groups is 3. The minimum Gasteiger partial charge on any atom is -0.370 e. The molecule has 0 radical (unpaired) electrons.